The third kappa shape index (κ3) is 3.14. The maximum absolute atomic E-state index is 10.0. The average Bonchev–Trinajstić information content (AvgIpc) is 2.92. The van der Waals surface area contributed by atoms with Crippen molar-refractivity contribution in [2.24, 2.45) is 0 Å². The molecule has 0 amide bonds. The molecule has 0 saturated heterocycles. The van der Waals surface area contributed by atoms with Crippen LogP contribution in [0.3, 0.4) is 0 Å². The van der Waals surface area contributed by atoms with Crippen molar-refractivity contribution < 1.29 is 5.11 Å². The summed E-state index contributed by atoms with van der Waals surface area (Å²) >= 11 is 5.25. The molecule has 0 bridgehead atoms. The summed E-state index contributed by atoms with van der Waals surface area (Å²) in [7, 11) is 0. The second-order valence-electron chi connectivity index (χ2n) is 5.37. The SMILES string of the molecule is OC(CNC1CC(c2ccccc2Br)C1)c1ccsc1. The highest BCUT2D eigenvalue weighted by Gasteiger charge is 2.31. The smallest absolute Gasteiger partial charge is 0.0922 e. The van der Waals surface area contributed by atoms with Gasteiger partial charge in [-0.2, -0.15) is 11.3 Å². The van der Waals surface area contributed by atoms with Gasteiger partial charge in [-0.1, -0.05) is 34.1 Å². The molecular formula is C16H18BrNOS. The van der Waals surface area contributed by atoms with E-state index >= 15 is 0 Å². The van der Waals surface area contributed by atoms with Gasteiger partial charge in [-0.3, -0.25) is 0 Å². The number of hydrogen-bond donors (Lipinski definition) is 2. The molecule has 106 valence electrons. The standard InChI is InChI=1S/C16H18BrNOS/c17-15-4-2-1-3-14(15)12-7-13(8-12)18-9-16(19)11-5-6-20-10-11/h1-6,10,12-13,16,18-19H,7-9H2. The second-order valence-corrected chi connectivity index (χ2v) is 7.00. The van der Waals surface area contributed by atoms with Crippen molar-refractivity contribution in [2.75, 3.05) is 6.54 Å². The quantitative estimate of drug-likeness (QED) is 0.850. The Hall–Kier alpha value is -0.680. The number of rotatable bonds is 5. The fraction of sp³-hybridized carbons (Fsp3) is 0.375. The van der Waals surface area contributed by atoms with Gasteiger partial charge in [-0.05, 0) is 52.8 Å². The van der Waals surface area contributed by atoms with E-state index in [1.54, 1.807) is 11.3 Å². The summed E-state index contributed by atoms with van der Waals surface area (Å²) in [6, 6.07) is 11.0. The number of aliphatic hydroxyl groups excluding tert-OH is 1. The Balaban J connectivity index is 1.46. The van der Waals surface area contributed by atoms with E-state index in [2.05, 4.69) is 45.5 Å². The molecule has 1 fully saturated rings. The summed E-state index contributed by atoms with van der Waals surface area (Å²) < 4.78 is 1.21. The summed E-state index contributed by atoms with van der Waals surface area (Å²) in [6.45, 7) is 0.643. The molecule has 1 unspecified atom stereocenters. The minimum Gasteiger partial charge on any atom is -0.387 e. The van der Waals surface area contributed by atoms with E-state index in [1.165, 1.54) is 10.0 Å². The minimum atomic E-state index is -0.385. The van der Waals surface area contributed by atoms with Crippen LogP contribution in [0, 0.1) is 0 Å². The zero-order chi connectivity index (χ0) is 13.9. The van der Waals surface area contributed by atoms with Gasteiger partial charge in [0.1, 0.15) is 0 Å². The molecule has 1 aromatic heterocycles. The molecule has 1 heterocycles. The number of hydrogen-bond acceptors (Lipinski definition) is 3. The van der Waals surface area contributed by atoms with E-state index in [9.17, 15) is 5.11 Å². The zero-order valence-corrected chi connectivity index (χ0v) is 13.5. The van der Waals surface area contributed by atoms with Crippen molar-refractivity contribution in [1.29, 1.82) is 0 Å². The summed E-state index contributed by atoms with van der Waals surface area (Å²) in [5.41, 5.74) is 2.42. The van der Waals surface area contributed by atoms with Gasteiger partial charge in [0.05, 0.1) is 6.10 Å². The van der Waals surface area contributed by atoms with E-state index < -0.39 is 0 Å². The van der Waals surface area contributed by atoms with E-state index in [0.717, 1.165) is 18.4 Å². The Morgan fingerprint density at radius 2 is 2.10 bits per heavy atom. The van der Waals surface area contributed by atoms with Gasteiger partial charge in [0.15, 0.2) is 0 Å². The molecule has 0 aliphatic heterocycles. The number of thiophene rings is 1. The maximum Gasteiger partial charge on any atom is 0.0922 e. The van der Waals surface area contributed by atoms with Crippen molar-refractivity contribution in [1.82, 2.24) is 5.32 Å². The van der Waals surface area contributed by atoms with Gasteiger partial charge in [-0.25, -0.2) is 0 Å². The van der Waals surface area contributed by atoms with Crippen LogP contribution in [0.2, 0.25) is 0 Å². The number of halogens is 1. The molecule has 0 spiro atoms. The third-order valence-corrected chi connectivity index (χ3v) is 5.43. The first-order chi connectivity index (χ1) is 9.74. The van der Waals surface area contributed by atoms with Gasteiger partial charge < -0.3 is 10.4 Å². The Morgan fingerprint density at radius 1 is 1.30 bits per heavy atom. The Bertz CT molecular complexity index is 551. The molecule has 1 aliphatic rings. The molecule has 3 rings (SSSR count). The third-order valence-electron chi connectivity index (χ3n) is 4.01. The largest absolute Gasteiger partial charge is 0.387 e. The van der Waals surface area contributed by atoms with Gasteiger partial charge >= 0.3 is 0 Å². The topological polar surface area (TPSA) is 32.3 Å². The fourth-order valence-corrected chi connectivity index (χ4v) is 4.02. The van der Waals surface area contributed by atoms with Crippen LogP contribution in [0.4, 0.5) is 0 Å². The van der Waals surface area contributed by atoms with Crippen molar-refractivity contribution in [3.8, 4) is 0 Å². The fourth-order valence-electron chi connectivity index (χ4n) is 2.71. The van der Waals surface area contributed by atoms with Crippen molar-refractivity contribution in [3.05, 3.63) is 56.7 Å². The second kappa shape index (κ2) is 6.39. The molecular weight excluding hydrogens is 334 g/mol. The van der Waals surface area contributed by atoms with Gasteiger partial charge in [0.25, 0.3) is 0 Å². The van der Waals surface area contributed by atoms with Crippen LogP contribution in [-0.2, 0) is 0 Å². The van der Waals surface area contributed by atoms with Crippen LogP contribution in [0.5, 0.6) is 0 Å². The molecule has 0 radical (unpaired) electrons. The van der Waals surface area contributed by atoms with Gasteiger partial charge in [0, 0.05) is 17.1 Å². The Labute approximate surface area is 132 Å². The van der Waals surface area contributed by atoms with Crippen molar-refractivity contribution in [3.63, 3.8) is 0 Å². The van der Waals surface area contributed by atoms with Crippen LogP contribution in [0.15, 0.2) is 45.6 Å². The van der Waals surface area contributed by atoms with Crippen molar-refractivity contribution in [2.45, 2.75) is 30.9 Å². The Kier molecular flexibility index (Phi) is 4.56. The summed E-state index contributed by atoms with van der Waals surface area (Å²) in [6.07, 6.45) is 1.92. The lowest BCUT2D eigenvalue weighted by molar-refractivity contribution is 0.157. The van der Waals surface area contributed by atoms with Crippen molar-refractivity contribution >= 4 is 27.3 Å². The molecule has 1 aromatic carbocycles. The molecule has 4 heteroatoms. The molecule has 1 atom stereocenters. The first-order valence-corrected chi connectivity index (χ1v) is 8.65. The van der Waals surface area contributed by atoms with Crippen LogP contribution in [0.1, 0.15) is 36.0 Å². The van der Waals surface area contributed by atoms with E-state index in [4.69, 9.17) is 0 Å². The predicted octanol–water partition coefficient (Wildman–Crippen LogP) is 4.08. The summed E-state index contributed by atoms with van der Waals surface area (Å²) in [5.74, 6) is 0.640. The molecule has 20 heavy (non-hydrogen) atoms. The molecule has 2 aromatic rings. The maximum atomic E-state index is 10.0. The first-order valence-electron chi connectivity index (χ1n) is 6.92. The van der Waals surface area contributed by atoms with E-state index in [1.807, 2.05) is 16.8 Å². The number of aliphatic hydroxyl groups is 1. The molecule has 1 saturated carbocycles. The first kappa shape index (κ1) is 14.3. The highest BCUT2D eigenvalue weighted by molar-refractivity contribution is 9.10. The average molecular weight is 352 g/mol. The van der Waals surface area contributed by atoms with Crippen LogP contribution >= 0.6 is 27.3 Å². The minimum absolute atomic E-state index is 0.385. The highest BCUT2D eigenvalue weighted by Crippen LogP contribution is 2.40. The normalized spacial score (nSPS) is 23.3. The Morgan fingerprint density at radius 3 is 2.80 bits per heavy atom. The lowest BCUT2D eigenvalue weighted by Gasteiger charge is -2.37. The highest BCUT2D eigenvalue weighted by atomic mass is 79.9. The molecule has 2 N–H and O–H groups in total. The summed E-state index contributed by atoms with van der Waals surface area (Å²) in [4.78, 5) is 0. The van der Waals surface area contributed by atoms with Crippen LogP contribution in [-0.4, -0.2) is 17.7 Å². The van der Waals surface area contributed by atoms with Gasteiger partial charge in [-0.15, -0.1) is 0 Å². The lowest BCUT2D eigenvalue weighted by Crippen LogP contribution is -2.41. The number of benzene rings is 1. The molecule has 2 nitrogen and oxygen atoms in total. The van der Waals surface area contributed by atoms with E-state index in [-0.39, 0.29) is 6.10 Å². The van der Waals surface area contributed by atoms with Crippen LogP contribution in [0.25, 0.3) is 0 Å². The monoisotopic (exact) mass is 351 g/mol. The predicted molar refractivity (Wildman–Crippen MR) is 87.2 cm³/mol. The summed E-state index contributed by atoms with van der Waals surface area (Å²) in [5, 5.41) is 17.5. The van der Waals surface area contributed by atoms with E-state index in [0.29, 0.717) is 18.5 Å². The number of nitrogens with one attached hydrogen (secondary N) is 1. The lowest BCUT2D eigenvalue weighted by atomic mass is 9.76. The molecule has 1 aliphatic carbocycles. The van der Waals surface area contributed by atoms with Gasteiger partial charge in [0.2, 0.25) is 0 Å². The van der Waals surface area contributed by atoms with Crippen LogP contribution < -0.4 is 5.32 Å². The zero-order valence-electron chi connectivity index (χ0n) is 11.1.